The van der Waals surface area contributed by atoms with Crippen molar-refractivity contribution in [2.75, 3.05) is 21.3 Å². The van der Waals surface area contributed by atoms with Crippen molar-refractivity contribution < 1.29 is 23.8 Å². The lowest BCUT2D eigenvalue weighted by atomic mass is 10.0. The summed E-state index contributed by atoms with van der Waals surface area (Å²) >= 11 is 0. The Kier molecular flexibility index (Phi) is 6.97. The molecule has 0 bridgehead atoms. The van der Waals surface area contributed by atoms with Gasteiger partial charge in [-0.15, -0.1) is 0 Å². The van der Waals surface area contributed by atoms with Gasteiger partial charge in [-0.1, -0.05) is 13.8 Å². The highest BCUT2D eigenvalue weighted by molar-refractivity contribution is 5.84. The van der Waals surface area contributed by atoms with Gasteiger partial charge in [-0.05, 0) is 12.0 Å². The topological polar surface area (TPSA) is 109 Å². The summed E-state index contributed by atoms with van der Waals surface area (Å²) in [5, 5.41) is 3.00. The molecule has 1 unspecified atom stereocenters. The number of benzene rings is 1. The van der Waals surface area contributed by atoms with E-state index in [9.17, 15) is 14.4 Å². The summed E-state index contributed by atoms with van der Waals surface area (Å²) in [4.78, 5) is 40.9. The lowest BCUT2D eigenvalue weighted by Gasteiger charge is -2.19. The third-order valence-electron chi connectivity index (χ3n) is 4.35. The van der Waals surface area contributed by atoms with Crippen molar-refractivity contribution in [1.29, 1.82) is 0 Å². The number of hydrogen-bond donors (Lipinski definition) is 1. The summed E-state index contributed by atoms with van der Waals surface area (Å²) in [5.41, 5.74) is 0.168. The number of aryl methyl sites for hydroxylation is 1. The molecule has 0 aliphatic carbocycles. The van der Waals surface area contributed by atoms with Gasteiger partial charge in [-0.3, -0.25) is 14.2 Å². The third kappa shape index (κ3) is 4.59. The van der Waals surface area contributed by atoms with Crippen LogP contribution in [-0.4, -0.2) is 48.8 Å². The van der Waals surface area contributed by atoms with Gasteiger partial charge in [0.05, 0.1) is 38.6 Å². The van der Waals surface area contributed by atoms with Crippen LogP contribution < -0.4 is 20.3 Å². The van der Waals surface area contributed by atoms with E-state index in [-0.39, 0.29) is 30.3 Å². The summed E-state index contributed by atoms with van der Waals surface area (Å²) in [6.07, 6.45) is 1.39. The maximum Gasteiger partial charge on any atom is 0.328 e. The Labute approximate surface area is 162 Å². The van der Waals surface area contributed by atoms with Crippen LogP contribution >= 0.6 is 0 Å². The van der Waals surface area contributed by atoms with Crippen molar-refractivity contribution in [2.45, 2.75) is 32.9 Å². The average molecular weight is 391 g/mol. The molecule has 152 valence electrons. The van der Waals surface area contributed by atoms with E-state index >= 15 is 0 Å². The minimum absolute atomic E-state index is 0.0145. The molecule has 1 N–H and O–H groups in total. The predicted octanol–water partition coefficient (Wildman–Crippen LogP) is 1.12. The highest BCUT2D eigenvalue weighted by atomic mass is 16.5. The first-order valence-corrected chi connectivity index (χ1v) is 8.80. The molecule has 1 heterocycles. The van der Waals surface area contributed by atoms with Crippen molar-refractivity contribution in [3.05, 3.63) is 28.8 Å². The van der Waals surface area contributed by atoms with E-state index in [1.165, 1.54) is 32.2 Å². The number of aromatic nitrogens is 2. The van der Waals surface area contributed by atoms with Crippen LogP contribution in [0.15, 0.2) is 23.3 Å². The van der Waals surface area contributed by atoms with Gasteiger partial charge in [0.2, 0.25) is 5.91 Å². The zero-order chi connectivity index (χ0) is 20.8. The van der Waals surface area contributed by atoms with E-state index in [0.717, 1.165) is 0 Å². The van der Waals surface area contributed by atoms with Gasteiger partial charge in [0.25, 0.3) is 5.56 Å². The number of nitrogens with zero attached hydrogens (tertiary/aromatic N) is 2. The van der Waals surface area contributed by atoms with E-state index in [1.807, 2.05) is 0 Å². The second-order valence-electron chi connectivity index (χ2n) is 6.53. The molecule has 0 spiro atoms. The van der Waals surface area contributed by atoms with E-state index in [2.05, 4.69) is 10.3 Å². The lowest BCUT2D eigenvalue weighted by molar-refractivity contribution is -0.146. The van der Waals surface area contributed by atoms with Crippen molar-refractivity contribution in [3.63, 3.8) is 0 Å². The molecule has 1 aromatic heterocycles. The predicted molar refractivity (Wildman–Crippen MR) is 103 cm³/mol. The van der Waals surface area contributed by atoms with Gasteiger partial charge < -0.3 is 19.5 Å². The number of rotatable bonds is 8. The monoisotopic (exact) mass is 391 g/mol. The van der Waals surface area contributed by atoms with Crippen molar-refractivity contribution >= 4 is 22.8 Å². The zero-order valence-corrected chi connectivity index (χ0v) is 16.6. The molecule has 9 heteroatoms. The molecule has 1 amide bonds. The molecule has 0 saturated carbocycles. The van der Waals surface area contributed by atoms with Crippen LogP contribution in [0.3, 0.4) is 0 Å². The standard InChI is InChI=1S/C19H25N3O6/c1-11(2)17(19(25)28-5)21-16(23)6-7-22-10-20-13-9-15(27-4)14(26-3)8-12(13)18(22)24/h8-11,17H,6-7H2,1-5H3,(H,21,23). The Hall–Kier alpha value is -3.10. The second kappa shape index (κ2) is 9.20. The Bertz CT molecular complexity index is 922. The normalized spacial score (nSPS) is 11.9. The molecule has 9 nitrogen and oxygen atoms in total. The first-order valence-electron chi connectivity index (χ1n) is 8.80. The number of amides is 1. The number of nitrogens with one attached hydrogen (secondary N) is 1. The molecular formula is C19H25N3O6. The smallest absolute Gasteiger partial charge is 0.328 e. The highest BCUT2D eigenvalue weighted by Gasteiger charge is 2.24. The quantitative estimate of drug-likeness (QED) is 0.672. The number of carbonyl (C=O) groups excluding carboxylic acids is 2. The Morgan fingerprint density at radius 1 is 1.14 bits per heavy atom. The molecule has 28 heavy (non-hydrogen) atoms. The molecule has 0 aliphatic heterocycles. The molecule has 1 aromatic carbocycles. The van der Waals surface area contributed by atoms with E-state index in [4.69, 9.17) is 14.2 Å². The van der Waals surface area contributed by atoms with Crippen LogP contribution in [0.1, 0.15) is 20.3 Å². The lowest BCUT2D eigenvalue weighted by Crippen LogP contribution is -2.45. The number of methoxy groups -OCH3 is 3. The Morgan fingerprint density at radius 3 is 2.36 bits per heavy atom. The van der Waals surface area contributed by atoms with Crippen molar-refractivity contribution in [3.8, 4) is 11.5 Å². The van der Waals surface area contributed by atoms with Crippen LogP contribution in [0, 0.1) is 5.92 Å². The number of ether oxygens (including phenoxy) is 3. The Morgan fingerprint density at radius 2 is 1.79 bits per heavy atom. The molecule has 0 fully saturated rings. The van der Waals surface area contributed by atoms with Gasteiger partial charge in [0.1, 0.15) is 6.04 Å². The largest absolute Gasteiger partial charge is 0.493 e. The summed E-state index contributed by atoms with van der Waals surface area (Å²) in [6.45, 7) is 3.73. The Balaban J connectivity index is 2.18. The molecule has 0 radical (unpaired) electrons. The van der Waals surface area contributed by atoms with Crippen LogP contribution in [0.2, 0.25) is 0 Å². The van der Waals surface area contributed by atoms with E-state index in [1.54, 1.807) is 26.0 Å². The molecule has 2 aromatic rings. The number of esters is 1. The SMILES string of the molecule is COC(=O)C(NC(=O)CCn1cnc2cc(OC)c(OC)cc2c1=O)C(C)C. The first-order chi connectivity index (χ1) is 13.3. The molecular weight excluding hydrogens is 366 g/mol. The molecule has 2 rings (SSSR count). The maximum absolute atomic E-state index is 12.7. The zero-order valence-electron chi connectivity index (χ0n) is 16.6. The number of fused-ring (bicyclic) bond motifs is 1. The summed E-state index contributed by atoms with van der Waals surface area (Å²) < 4.78 is 16.5. The maximum atomic E-state index is 12.7. The van der Waals surface area contributed by atoms with E-state index in [0.29, 0.717) is 22.4 Å². The number of hydrogen-bond acceptors (Lipinski definition) is 7. The van der Waals surface area contributed by atoms with Gasteiger partial charge in [0, 0.05) is 19.0 Å². The van der Waals surface area contributed by atoms with Gasteiger partial charge >= 0.3 is 5.97 Å². The first kappa shape index (κ1) is 21.2. The van der Waals surface area contributed by atoms with Crippen LogP contribution in [-0.2, 0) is 20.9 Å². The average Bonchev–Trinajstić information content (AvgIpc) is 2.69. The highest BCUT2D eigenvalue weighted by Crippen LogP contribution is 2.29. The number of carbonyl (C=O) groups is 2. The fraction of sp³-hybridized carbons (Fsp3) is 0.474. The third-order valence-corrected chi connectivity index (χ3v) is 4.35. The summed E-state index contributed by atoms with van der Waals surface area (Å²) in [6, 6.07) is 2.45. The molecule has 0 aliphatic rings. The van der Waals surface area contributed by atoms with Crippen LogP contribution in [0.25, 0.3) is 10.9 Å². The van der Waals surface area contributed by atoms with Crippen molar-refractivity contribution in [1.82, 2.24) is 14.9 Å². The van der Waals surface area contributed by atoms with E-state index < -0.39 is 12.0 Å². The minimum Gasteiger partial charge on any atom is -0.493 e. The van der Waals surface area contributed by atoms with Crippen molar-refractivity contribution in [2.24, 2.45) is 5.92 Å². The van der Waals surface area contributed by atoms with Crippen LogP contribution in [0.4, 0.5) is 0 Å². The fourth-order valence-corrected chi connectivity index (χ4v) is 2.74. The minimum atomic E-state index is -0.735. The van der Waals surface area contributed by atoms with Crippen LogP contribution in [0.5, 0.6) is 11.5 Å². The molecule has 0 saturated heterocycles. The van der Waals surface area contributed by atoms with Gasteiger partial charge in [0.15, 0.2) is 11.5 Å². The second-order valence-corrected chi connectivity index (χ2v) is 6.53. The van der Waals surface area contributed by atoms with Gasteiger partial charge in [-0.2, -0.15) is 0 Å². The molecule has 1 atom stereocenters. The van der Waals surface area contributed by atoms with Gasteiger partial charge in [-0.25, -0.2) is 9.78 Å². The fourth-order valence-electron chi connectivity index (χ4n) is 2.74. The summed E-state index contributed by atoms with van der Waals surface area (Å²) in [5.74, 6) is -0.0925. The summed E-state index contributed by atoms with van der Waals surface area (Å²) in [7, 11) is 4.26.